The van der Waals surface area contributed by atoms with E-state index in [0.29, 0.717) is 11.5 Å². The molecule has 0 unspecified atom stereocenters. The molecule has 160 valence electrons. The first kappa shape index (κ1) is 26.1. The zero-order valence-electron chi connectivity index (χ0n) is 18.9. The molecule has 4 rings (SSSR count). The number of rotatable bonds is 5. The number of carbonyl (C=O) groups excluding carboxylic acids is 2. The van der Waals surface area contributed by atoms with E-state index < -0.39 is 0 Å². The summed E-state index contributed by atoms with van der Waals surface area (Å²) in [5.41, 5.74) is 4.60. The van der Waals surface area contributed by atoms with Gasteiger partial charge in [-0.05, 0) is 24.8 Å². The van der Waals surface area contributed by atoms with E-state index in [9.17, 15) is 9.59 Å². The third kappa shape index (κ3) is 7.47. The number of nitrogens with one attached hydrogen (secondary N) is 1. The van der Waals surface area contributed by atoms with E-state index in [1.54, 1.807) is 13.2 Å². The van der Waals surface area contributed by atoms with Gasteiger partial charge in [-0.3, -0.25) is 22.8 Å². The summed E-state index contributed by atoms with van der Waals surface area (Å²) in [6.45, 7) is 5.88. The largest absolute Gasteiger partial charge is 1.00 e. The van der Waals surface area contributed by atoms with Gasteiger partial charge in [0.25, 0.3) is 0 Å². The van der Waals surface area contributed by atoms with Gasteiger partial charge in [0.1, 0.15) is 5.75 Å². The number of carbonyl (C=O) groups is 1. The zero-order valence-corrected chi connectivity index (χ0v) is 22.0. The fourth-order valence-corrected chi connectivity index (χ4v) is 3.81. The number of anilines is 1. The summed E-state index contributed by atoms with van der Waals surface area (Å²) in [5.74, 6) is 1.76. The maximum atomic E-state index is 12.1. The molecule has 0 aliphatic heterocycles. The molecule has 2 saturated carbocycles. The van der Waals surface area contributed by atoms with Gasteiger partial charge >= 0.3 is 51.4 Å². The number of hydrogen-bond acceptors (Lipinski definition) is 3. The minimum Gasteiger partial charge on any atom is -0.496 e. The van der Waals surface area contributed by atoms with E-state index in [-0.39, 0.29) is 63.2 Å². The van der Waals surface area contributed by atoms with Crippen LogP contribution in [0.5, 0.6) is 5.75 Å². The van der Waals surface area contributed by atoms with Crippen LogP contribution in [0.25, 0.3) is 0 Å². The summed E-state index contributed by atoms with van der Waals surface area (Å²) < 4.78 is 5.26. The van der Waals surface area contributed by atoms with Gasteiger partial charge in [-0.25, -0.2) is 11.6 Å². The molecule has 2 fully saturated rings. The van der Waals surface area contributed by atoms with Gasteiger partial charge in [0.05, 0.1) is 7.11 Å². The molecule has 0 saturated heterocycles. The maximum Gasteiger partial charge on any atom is 1.00 e. The third-order valence-corrected chi connectivity index (χ3v) is 5.82. The van der Waals surface area contributed by atoms with Crippen molar-refractivity contribution in [3.8, 4) is 5.75 Å². The van der Waals surface area contributed by atoms with Crippen LogP contribution in [0.1, 0.15) is 66.7 Å². The molecule has 4 nitrogen and oxygen atoms in total. The fourth-order valence-electron chi connectivity index (χ4n) is 3.81. The standard InChI is InChI=1S/C15H20NO2.C11H10O.K/c1-11-8-9-13(10-14(11)18-2)16-15(17)12-6-4-3-5-7-12;1-8-10(7-12)3-2-4-11(8)9-5-6-9;/h3,8-10,12H,4-7H2,1-2H3,(H,16,17);2-4,9H,1,5-6H2;/q-1;-2;+1. The monoisotopic (exact) mass is 443 g/mol. The van der Waals surface area contributed by atoms with Crippen molar-refractivity contribution in [2.24, 2.45) is 5.92 Å². The Morgan fingerprint density at radius 1 is 1.16 bits per heavy atom. The van der Waals surface area contributed by atoms with Gasteiger partial charge in [0.2, 0.25) is 5.91 Å². The smallest absolute Gasteiger partial charge is 0.496 e. The molecule has 0 atom stereocenters. The van der Waals surface area contributed by atoms with Crippen LogP contribution in [0.2, 0.25) is 0 Å². The number of benzene rings is 2. The predicted molar refractivity (Wildman–Crippen MR) is 120 cm³/mol. The van der Waals surface area contributed by atoms with Gasteiger partial charge in [-0.1, -0.05) is 37.7 Å². The molecule has 31 heavy (non-hydrogen) atoms. The quantitative estimate of drug-likeness (QED) is 0.571. The fraction of sp³-hybridized carbons (Fsp3) is 0.385. The molecule has 0 radical (unpaired) electrons. The second-order valence-electron chi connectivity index (χ2n) is 8.06. The second kappa shape index (κ2) is 12.8. The van der Waals surface area contributed by atoms with Crippen LogP contribution in [0.4, 0.5) is 5.69 Å². The Labute approximate surface area is 229 Å². The predicted octanol–water partition coefficient (Wildman–Crippen LogP) is 2.54. The number of ether oxygens (including phenoxy) is 1. The molecule has 0 aromatic heterocycles. The van der Waals surface area contributed by atoms with Crippen LogP contribution >= 0.6 is 0 Å². The Hall–Kier alpha value is -1.11. The summed E-state index contributed by atoms with van der Waals surface area (Å²) in [6.07, 6.45) is 10.7. The van der Waals surface area contributed by atoms with Crippen molar-refractivity contribution >= 4 is 17.9 Å². The minimum absolute atomic E-state index is 0. The molecule has 2 aliphatic rings. The van der Waals surface area contributed by atoms with Gasteiger partial charge in [0, 0.05) is 17.7 Å². The molecule has 0 bridgehead atoms. The van der Waals surface area contributed by atoms with Crippen LogP contribution in [-0.4, -0.2) is 19.3 Å². The van der Waals surface area contributed by atoms with E-state index in [4.69, 9.17) is 4.74 Å². The average molecular weight is 444 g/mol. The normalized spacial score (nSPS) is 15.7. The number of methoxy groups -OCH3 is 1. The average Bonchev–Trinajstić information content (AvgIpc) is 3.61. The Kier molecular flexibility index (Phi) is 10.8. The van der Waals surface area contributed by atoms with E-state index in [1.165, 1.54) is 18.4 Å². The first-order valence-electron chi connectivity index (χ1n) is 10.6. The molecule has 2 aliphatic carbocycles. The van der Waals surface area contributed by atoms with Crippen molar-refractivity contribution in [1.82, 2.24) is 0 Å². The molecule has 2 aromatic carbocycles. The summed E-state index contributed by atoms with van der Waals surface area (Å²) >= 11 is 0. The van der Waals surface area contributed by atoms with Crippen LogP contribution in [-0.2, 0) is 9.59 Å². The molecule has 5 heteroatoms. The van der Waals surface area contributed by atoms with E-state index in [2.05, 4.69) is 24.7 Å². The zero-order chi connectivity index (χ0) is 21.5. The van der Waals surface area contributed by atoms with E-state index in [1.807, 2.05) is 37.5 Å². The third-order valence-electron chi connectivity index (χ3n) is 5.82. The Bertz CT molecular complexity index is 886. The minimum atomic E-state index is 0. The molecular formula is C26H30KNO3-2. The molecule has 0 spiro atoms. The van der Waals surface area contributed by atoms with Gasteiger partial charge in [0.15, 0.2) is 0 Å². The first-order valence-corrected chi connectivity index (χ1v) is 10.6. The summed E-state index contributed by atoms with van der Waals surface area (Å²) in [7, 11) is 1.64. The summed E-state index contributed by atoms with van der Waals surface area (Å²) in [6, 6.07) is 11.5. The Balaban J connectivity index is 0.000000229. The number of aryl methyl sites for hydroxylation is 1. The molecule has 2 aromatic rings. The summed E-state index contributed by atoms with van der Waals surface area (Å²) in [5, 5.41) is 2.98. The summed E-state index contributed by atoms with van der Waals surface area (Å²) in [4.78, 5) is 22.5. The van der Waals surface area contributed by atoms with Crippen LogP contribution < -0.4 is 61.4 Å². The van der Waals surface area contributed by atoms with Crippen LogP contribution in [0.15, 0.2) is 36.4 Å². The van der Waals surface area contributed by atoms with Crippen molar-refractivity contribution < 1.29 is 65.7 Å². The van der Waals surface area contributed by atoms with E-state index >= 15 is 0 Å². The van der Waals surface area contributed by atoms with Crippen LogP contribution in [0.3, 0.4) is 0 Å². The van der Waals surface area contributed by atoms with Crippen LogP contribution in [0, 0.1) is 26.2 Å². The van der Waals surface area contributed by atoms with Gasteiger partial charge < -0.3 is 21.3 Å². The molecule has 1 amide bonds. The topological polar surface area (TPSA) is 55.4 Å². The van der Waals surface area contributed by atoms with Crippen molar-refractivity contribution in [2.45, 2.75) is 51.4 Å². The van der Waals surface area contributed by atoms with Crippen molar-refractivity contribution in [1.29, 1.82) is 0 Å². The molecular weight excluding hydrogens is 413 g/mol. The van der Waals surface area contributed by atoms with E-state index in [0.717, 1.165) is 48.2 Å². The number of amides is 1. The number of hydrogen-bond donors (Lipinski definition) is 1. The Morgan fingerprint density at radius 2 is 1.87 bits per heavy atom. The second-order valence-corrected chi connectivity index (χ2v) is 8.06. The molecule has 0 heterocycles. The molecule has 1 N–H and O–H groups in total. The van der Waals surface area contributed by atoms with Crippen molar-refractivity contribution in [2.75, 3.05) is 12.4 Å². The Morgan fingerprint density at radius 3 is 2.48 bits per heavy atom. The van der Waals surface area contributed by atoms with Gasteiger partial charge in [-0.2, -0.15) is 12.8 Å². The van der Waals surface area contributed by atoms with Crippen molar-refractivity contribution in [3.05, 3.63) is 72.0 Å². The first-order chi connectivity index (χ1) is 14.5. The maximum absolute atomic E-state index is 12.1. The SMILES string of the molecule is COc1cc(NC(=O)C2CC[CH-]CC2)ccc1C.[CH2-]c1c([C-]=O)cccc1C1CC1.[K+]. The van der Waals surface area contributed by atoms with Gasteiger partial charge in [-0.15, -0.1) is 12.1 Å². The van der Waals surface area contributed by atoms with Crippen molar-refractivity contribution in [3.63, 3.8) is 0 Å².